The standard InChI is InChI=1S/C25H21N/c1-25(2,3)22-13-12-19-17-9-5-4-8-16(17)18-10-6-7-11-20(18)24-23(19)21(22)14-15-26-24/h4-15H,1-3H3. The predicted molar refractivity (Wildman–Crippen MR) is 110 cm³/mol. The highest BCUT2D eigenvalue weighted by atomic mass is 14.7. The summed E-state index contributed by atoms with van der Waals surface area (Å²) in [5.41, 5.74) is 8.88. The summed E-state index contributed by atoms with van der Waals surface area (Å²) in [5, 5.41) is 2.59. The SMILES string of the molecule is CC(C)(C)c1ccc2c3c(nccc13)-c1ccccc1-c1ccccc1-2. The molecular formula is C25H21N. The smallest absolute Gasteiger partial charge is 0.0792 e. The summed E-state index contributed by atoms with van der Waals surface area (Å²) < 4.78 is 0. The van der Waals surface area contributed by atoms with E-state index in [4.69, 9.17) is 4.98 Å². The maximum Gasteiger partial charge on any atom is 0.0792 e. The van der Waals surface area contributed by atoms with Gasteiger partial charge < -0.3 is 0 Å². The van der Waals surface area contributed by atoms with Gasteiger partial charge in [-0.15, -0.1) is 0 Å². The number of aromatic nitrogens is 1. The summed E-state index contributed by atoms with van der Waals surface area (Å²) in [7, 11) is 0. The zero-order chi connectivity index (χ0) is 17.9. The first kappa shape index (κ1) is 15.3. The van der Waals surface area contributed by atoms with Crippen molar-refractivity contribution in [1.82, 2.24) is 4.98 Å². The minimum atomic E-state index is 0.0858. The third kappa shape index (κ3) is 2.07. The average Bonchev–Trinajstić information content (AvgIpc) is 2.77. The van der Waals surface area contributed by atoms with E-state index in [0.29, 0.717) is 0 Å². The zero-order valence-corrected chi connectivity index (χ0v) is 15.4. The van der Waals surface area contributed by atoms with Crippen molar-refractivity contribution in [2.45, 2.75) is 26.2 Å². The summed E-state index contributed by atoms with van der Waals surface area (Å²) in [4.78, 5) is 4.85. The molecule has 4 aromatic rings. The molecule has 126 valence electrons. The Balaban J connectivity index is 2.04. The molecular weight excluding hydrogens is 314 g/mol. The Morgan fingerprint density at radius 3 is 1.85 bits per heavy atom. The second kappa shape index (κ2) is 5.28. The van der Waals surface area contributed by atoms with Gasteiger partial charge in [0.2, 0.25) is 0 Å². The van der Waals surface area contributed by atoms with E-state index in [0.717, 1.165) is 5.69 Å². The van der Waals surface area contributed by atoms with Crippen LogP contribution in [0.2, 0.25) is 0 Å². The van der Waals surface area contributed by atoms with Crippen molar-refractivity contribution in [2.75, 3.05) is 0 Å². The third-order valence-electron chi connectivity index (χ3n) is 5.42. The van der Waals surface area contributed by atoms with Crippen molar-refractivity contribution >= 4 is 10.8 Å². The summed E-state index contributed by atoms with van der Waals surface area (Å²) in [6, 6.07) is 24.1. The summed E-state index contributed by atoms with van der Waals surface area (Å²) in [5.74, 6) is 0. The van der Waals surface area contributed by atoms with Crippen molar-refractivity contribution in [2.24, 2.45) is 0 Å². The molecule has 3 aromatic carbocycles. The number of benzene rings is 3. The number of rotatable bonds is 0. The van der Waals surface area contributed by atoms with Crippen LogP contribution in [0.15, 0.2) is 72.9 Å². The van der Waals surface area contributed by atoms with Gasteiger partial charge in [-0.05, 0) is 44.7 Å². The predicted octanol–water partition coefficient (Wildman–Crippen LogP) is 6.85. The molecule has 1 nitrogen and oxygen atoms in total. The molecule has 0 atom stereocenters. The summed E-state index contributed by atoms with van der Waals surface area (Å²) >= 11 is 0. The van der Waals surface area contributed by atoms with Crippen LogP contribution >= 0.6 is 0 Å². The van der Waals surface area contributed by atoms with Crippen molar-refractivity contribution < 1.29 is 0 Å². The number of pyridine rings is 1. The fourth-order valence-electron chi connectivity index (χ4n) is 4.26. The number of hydrogen-bond donors (Lipinski definition) is 0. The molecule has 0 fully saturated rings. The van der Waals surface area contributed by atoms with E-state index in [2.05, 4.69) is 87.5 Å². The van der Waals surface area contributed by atoms with Gasteiger partial charge in [0.05, 0.1) is 5.69 Å². The van der Waals surface area contributed by atoms with Crippen LogP contribution in [0.25, 0.3) is 44.3 Å². The minimum Gasteiger partial charge on any atom is -0.256 e. The van der Waals surface area contributed by atoms with Crippen LogP contribution in [0.3, 0.4) is 0 Å². The van der Waals surface area contributed by atoms with Gasteiger partial charge in [0, 0.05) is 17.1 Å². The van der Waals surface area contributed by atoms with Crippen LogP contribution in [0.4, 0.5) is 0 Å². The second-order valence-corrected chi connectivity index (χ2v) is 8.08. The van der Waals surface area contributed by atoms with Gasteiger partial charge in [0.25, 0.3) is 0 Å². The molecule has 26 heavy (non-hydrogen) atoms. The molecule has 0 unspecified atom stereocenters. The quantitative estimate of drug-likeness (QED) is 0.302. The molecule has 0 spiro atoms. The van der Waals surface area contributed by atoms with Crippen LogP contribution in [0, 0.1) is 0 Å². The van der Waals surface area contributed by atoms with Crippen molar-refractivity contribution in [3.05, 3.63) is 78.5 Å². The van der Waals surface area contributed by atoms with Crippen molar-refractivity contribution in [1.29, 1.82) is 0 Å². The summed E-state index contributed by atoms with van der Waals surface area (Å²) in [6.45, 7) is 6.84. The van der Waals surface area contributed by atoms with Crippen LogP contribution in [0.1, 0.15) is 26.3 Å². The van der Waals surface area contributed by atoms with E-state index in [1.54, 1.807) is 0 Å². The molecule has 0 amide bonds. The topological polar surface area (TPSA) is 12.9 Å². The maximum absolute atomic E-state index is 4.85. The molecule has 1 aliphatic carbocycles. The van der Waals surface area contributed by atoms with Gasteiger partial charge >= 0.3 is 0 Å². The Morgan fingerprint density at radius 1 is 0.615 bits per heavy atom. The molecule has 0 radical (unpaired) electrons. The molecule has 0 saturated carbocycles. The number of nitrogens with zero attached hydrogens (tertiary/aromatic N) is 1. The van der Waals surface area contributed by atoms with Crippen LogP contribution < -0.4 is 0 Å². The Kier molecular flexibility index (Phi) is 3.12. The average molecular weight is 335 g/mol. The Bertz CT molecular complexity index is 1110. The molecule has 1 heterocycles. The molecule has 1 heteroatoms. The van der Waals surface area contributed by atoms with Gasteiger partial charge in [-0.25, -0.2) is 0 Å². The lowest BCUT2D eigenvalue weighted by atomic mass is 9.81. The Hall–Kier alpha value is -2.93. The van der Waals surface area contributed by atoms with Gasteiger partial charge in [-0.1, -0.05) is 81.4 Å². The van der Waals surface area contributed by atoms with Crippen molar-refractivity contribution in [3.63, 3.8) is 0 Å². The van der Waals surface area contributed by atoms with Crippen molar-refractivity contribution in [3.8, 4) is 33.5 Å². The first-order valence-electron chi connectivity index (χ1n) is 9.17. The summed E-state index contributed by atoms with van der Waals surface area (Å²) in [6.07, 6.45) is 1.96. The number of hydrogen-bond acceptors (Lipinski definition) is 1. The fraction of sp³-hybridized carbons (Fsp3) is 0.160. The molecule has 0 N–H and O–H groups in total. The highest BCUT2D eigenvalue weighted by Crippen LogP contribution is 2.47. The van der Waals surface area contributed by atoms with E-state index in [1.807, 2.05) is 6.20 Å². The lowest BCUT2D eigenvalue weighted by Crippen LogP contribution is -2.12. The van der Waals surface area contributed by atoms with Crippen LogP contribution in [-0.2, 0) is 5.41 Å². The second-order valence-electron chi connectivity index (χ2n) is 8.08. The fourth-order valence-corrected chi connectivity index (χ4v) is 4.26. The van der Waals surface area contributed by atoms with Crippen LogP contribution in [-0.4, -0.2) is 4.98 Å². The maximum atomic E-state index is 4.85. The lowest BCUT2D eigenvalue weighted by Gasteiger charge is -2.23. The normalized spacial score (nSPS) is 12.4. The van der Waals surface area contributed by atoms with E-state index in [1.165, 1.54) is 44.2 Å². The van der Waals surface area contributed by atoms with E-state index < -0.39 is 0 Å². The third-order valence-corrected chi connectivity index (χ3v) is 5.42. The first-order chi connectivity index (χ1) is 12.6. The molecule has 0 aliphatic heterocycles. The molecule has 0 saturated heterocycles. The monoisotopic (exact) mass is 335 g/mol. The van der Waals surface area contributed by atoms with Crippen LogP contribution in [0.5, 0.6) is 0 Å². The number of fused-ring (bicyclic) bond motifs is 5. The lowest BCUT2D eigenvalue weighted by molar-refractivity contribution is 0.596. The Morgan fingerprint density at radius 2 is 1.19 bits per heavy atom. The molecule has 1 aromatic heterocycles. The highest BCUT2D eigenvalue weighted by molar-refractivity contribution is 6.13. The minimum absolute atomic E-state index is 0.0858. The van der Waals surface area contributed by atoms with E-state index >= 15 is 0 Å². The first-order valence-corrected chi connectivity index (χ1v) is 9.17. The van der Waals surface area contributed by atoms with Gasteiger partial charge in [0.1, 0.15) is 0 Å². The molecule has 1 aliphatic rings. The largest absolute Gasteiger partial charge is 0.256 e. The van der Waals surface area contributed by atoms with Gasteiger partial charge in [-0.2, -0.15) is 0 Å². The van der Waals surface area contributed by atoms with Gasteiger partial charge in [-0.3, -0.25) is 4.98 Å². The van der Waals surface area contributed by atoms with Gasteiger partial charge in [0.15, 0.2) is 0 Å². The zero-order valence-electron chi connectivity index (χ0n) is 15.4. The Labute approximate surface area is 154 Å². The highest BCUT2D eigenvalue weighted by Gasteiger charge is 2.25. The van der Waals surface area contributed by atoms with E-state index in [9.17, 15) is 0 Å². The van der Waals surface area contributed by atoms with E-state index in [-0.39, 0.29) is 5.41 Å². The molecule has 5 rings (SSSR count). The molecule has 0 bridgehead atoms.